The Bertz CT molecular complexity index is 1970. The van der Waals surface area contributed by atoms with E-state index in [0.29, 0.717) is 24.7 Å². The Morgan fingerprint density at radius 3 is 1.69 bits per heavy atom. The van der Waals surface area contributed by atoms with E-state index in [-0.39, 0.29) is 36.4 Å². The maximum atomic E-state index is 13.6. The van der Waals surface area contributed by atoms with Crippen molar-refractivity contribution in [3.8, 4) is 33.6 Å². The predicted octanol–water partition coefficient (Wildman–Crippen LogP) is 5.45. The summed E-state index contributed by atoms with van der Waals surface area (Å²) < 4.78 is 4.71. The standard InChI is InChI=1S/C40H50N8O7/c1-23(2)34(46(4)40(53)54)38(51)48-19-7-9-32(48)36-42-21-30(44-36)28-16-12-26(13-17-28)25-10-14-27(15-11-25)29-20-41-35(43-29)31-8-6-18-47(31)37(50)33(24(3)22-49)45-39(52)55-5/h10-17,20-21,23-24,31-34,49H,6-9,18-19,22H2,1-5H3,(H,41,43)(H,42,44)(H,45,52)(H,53,54)/t24-,31?,32-,33-,34-/m0/s1. The highest BCUT2D eigenvalue weighted by molar-refractivity contribution is 5.87. The van der Waals surface area contributed by atoms with Crippen LogP contribution in [0.1, 0.15) is 70.2 Å². The normalized spacial score (nSPS) is 18.6. The van der Waals surface area contributed by atoms with Crippen molar-refractivity contribution in [1.82, 2.24) is 40.0 Å². The first-order valence-corrected chi connectivity index (χ1v) is 18.7. The topological polar surface area (TPSA) is 197 Å². The number of aliphatic hydroxyl groups is 1. The lowest BCUT2D eigenvalue weighted by atomic mass is 10.0. The monoisotopic (exact) mass is 754 g/mol. The van der Waals surface area contributed by atoms with E-state index in [1.165, 1.54) is 14.2 Å². The van der Waals surface area contributed by atoms with Crippen LogP contribution in [-0.4, -0.2) is 115 Å². The molecule has 2 aromatic carbocycles. The number of aromatic amines is 2. The number of carboxylic acid groups (broad SMARTS) is 1. The van der Waals surface area contributed by atoms with Gasteiger partial charge in [0.25, 0.3) is 0 Å². The fourth-order valence-corrected chi connectivity index (χ4v) is 7.72. The summed E-state index contributed by atoms with van der Waals surface area (Å²) in [6.07, 6.45) is 4.74. The van der Waals surface area contributed by atoms with E-state index in [1.54, 1.807) is 29.1 Å². The first-order chi connectivity index (χ1) is 26.4. The molecule has 15 nitrogen and oxygen atoms in total. The number of hydrogen-bond acceptors (Lipinski definition) is 8. The Morgan fingerprint density at radius 2 is 1.27 bits per heavy atom. The molecule has 0 saturated carbocycles. The van der Waals surface area contributed by atoms with Gasteiger partial charge < -0.3 is 40.0 Å². The number of imidazole rings is 2. The molecule has 5 N–H and O–H groups in total. The average molecular weight is 755 g/mol. The van der Waals surface area contributed by atoms with E-state index in [9.17, 15) is 29.4 Å². The lowest BCUT2D eigenvalue weighted by molar-refractivity contribution is -0.138. The zero-order chi connectivity index (χ0) is 39.4. The van der Waals surface area contributed by atoms with Gasteiger partial charge in [-0.2, -0.15) is 0 Å². The third-order valence-electron chi connectivity index (χ3n) is 10.8. The van der Waals surface area contributed by atoms with Gasteiger partial charge >= 0.3 is 12.2 Å². The molecule has 2 aliphatic rings. The molecule has 0 spiro atoms. The van der Waals surface area contributed by atoms with Crippen molar-refractivity contribution in [2.24, 2.45) is 11.8 Å². The quantitative estimate of drug-likeness (QED) is 0.125. The second-order valence-corrected chi connectivity index (χ2v) is 14.8. The van der Waals surface area contributed by atoms with Crippen LogP contribution in [0.5, 0.6) is 0 Å². The van der Waals surface area contributed by atoms with Crippen LogP contribution in [0.3, 0.4) is 0 Å². The Morgan fingerprint density at radius 1 is 0.818 bits per heavy atom. The van der Waals surface area contributed by atoms with Gasteiger partial charge in [-0.05, 0) is 53.9 Å². The largest absolute Gasteiger partial charge is 0.465 e. The van der Waals surface area contributed by atoms with Crippen LogP contribution in [-0.2, 0) is 14.3 Å². The summed E-state index contributed by atoms with van der Waals surface area (Å²) in [5.74, 6) is 0.179. The minimum atomic E-state index is -1.13. The molecule has 1 unspecified atom stereocenters. The number of nitrogens with one attached hydrogen (secondary N) is 3. The summed E-state index contributed by atoms with van der Waals surface area (Å²) in [6, 6.07) is 14.0. The van der Waals surface area contributed by atoms with Crippen LogP contribution in [0, 0.1) is 11.8 Å². The van der Waals surface area contributed by atoms with Crippen LogP contribution in [0.2, 0.25) is 0 Å². The number of alkyl carbamates (subject to hydrolysis) is 1. The molecule has 0 aliphatic carbocycles. The van der Waals surface area contributed by atoms with Gasteiger partial charge in [0.15, 0.2) is 0 Å². The Balaban J connectivity index is 1.11. The van der Waals surface area contributed by atoms with Gasteiger partial charge in [-0.15, -0.1) is 0 Å². The number of rotatable bonds is 12. The maximum absolute atomic E-state index is 13.6. The number of likely N-dealkylation sites (tertiary alicyclic amines) is 2. The molecule has 6 rings (SSSR count). The van der Waals surface area contributed by atoms with Gasteiger partial charge in [-0.25, -0.2) is 19.6 Å². The Hall–Kier alpha value is -5.70. The fourth-order valence-electron chi connectivity index (χ4n) is 7.72. The van der Waals surface area contributed by atoms with Gasteiger partial charge in [-0.3, -0.25) is 14.5 Å². The molecule has 4 heterocycles. The first kappa shape index (κ1) is 39.0. The number of likely N-dealkylation sites (N-methyl/N-ethyl adjacent to an activating group) is 1. The molecule has 2 saturated heterocycles. The number of carbonyl (C=O) groups is 4. The summed E-state index contributed by atoms with van der Waals surface area (Å²) in [4.78, 5) is 71.5. The molecular weight excluding hydrogens is 704 g/mol. The Kier molecular flexibility index (Phi) is 11.9. The number of methoxy groups -OCH3 is 1. The van der Waals surface area contributed by atoms with Crippen molar-refractivity contribution in [2.75, 3.05) is 33.9 Å². The summed E-state index contributed by atoms with van der Waals surface area (Å²) in [5, 5.41) is 21.9. The number of amides is 4. The lowest BCUT2D eigenvalue weighted by Gasteiger charge is -2.33. The minimum Gasteiger partial charge on any atom is -0.465 e. The molecule has 2 aromatic heterocycles. The second-order valence-electron chi connectivity index (χ2n) is 14.8. The number of carbonyl (C=O) groups excluding carboxylic acids is 3. The lowest BCUT2D eigenvalue weighted by Crippen LogP contribution is -2.52. The maximum Gasteiger partial charge on any atom is 0.407 e. The van der Waals surface area contributed by atoms with E-state index >= 15 is 0 Å². The molecule has 0 radical (unpaired) electrons. The summed E-state index contributed by atoms with van der Waals surface area (Å²) in [6.45, 7) is 6.21. The highest BCUT2D eigenvalue weighted by Gasteiger charge is 2.40. The van der Waals surface area contributed by atoms with Gasteiger partial charge in [0.1, 0.15) is 23.7 Å². The van der Waals surface area contributed by atoms with Crippen molar-refractivity contribution in [3.05, 3.63) is 72.6 Å². The van der Waals surface area contributed by atoms with Crippen molar-refractivity contribution < 1.29 is 34.1 Å². The zero-order valence-electron chi connectivity index (χ0n) is 31.9. The molecule has 0 bridgehead atoms. The number of H-pyrrole nitrogens is 2. The summed E-state index contributed by atoms with van der Waals surface area (Å²) in [7, 11) is 2.68. The predicted molar refractivity (Wildman–Crippen MR) is 204 cm³/mol. The van der Waals surface area contributed by atoms with Gasteiger partial charge in [0.2, 0.25) is 11.8 Å². The number of hydrogen-bond donors (Lipinski definition) is 5. The number of aromatic nitrogens is 4. The minimum absolute atomic E-state index is 0.178. The third kappa shape index (κ3) is 8.21. The third-order valence-corrected chi connectivity index (χ3v) is 10.8. The van der Waals surface area contributed by atoms with Gasteiger partial charge in [0, 0.05) is 32.7 Å². The molecule has 2 aliphatic heterocycles. The van der Waals surface area contributed by atoms with Gasteiger partial charge in [-0.1, -0.05) is 69.3 Å². The van der Waals surface area contributed by atoms with Crippen molar-refractivity contribution >= 4 is 24.0 Å². The van der Waals surface area contributed by atoms with E-state index in [1.807, 2.05) is 62.4 Å². The molecule has 4 amide bonds. The van der Waals surface area contributed by atoms with E-state index in [0.717, 1.165) is 64.2 Å². The smallest absolute Gasteiger partial charge is 0.407 e. The molecule has 55 heavy (non-hydrogen) atoms. The number of ether oxygens (including phenoxy) is 1. The molecular formula is C40H50N8O7. The number of benzene rings is 2. The second kappa shape index (κ2) is 16.8. The van der Waals surface area contributed by atoms with Crippen molar-refractivity contribution in [1.29, 1.82) is 0 Å². The van der Waals surface area contributed by atoms with Crippen LogP contribution >= 0.6 is 0 Å². The molecule has 4 aromatic rings. The summed E-state index contributed by atoms with van der Waals surface area (Å²) >= 11 is 0. The van der Waals surface area contributed by atoms with E-state index < -0.39 is 30.2 Å². The number of nitrogens with zero attached hydrogens (tertiary/aromatic N) is 5. The van der Waals surface area contributed by atoms with Crippen LogP contribution in [0.4, 0.5) is 9.59 Å². The van der Waals surface area contributed by atoms with Crippen LogP contribution in [0.25, 0.3) is 33.6 Å². The molecule has 2 fully saturated rings. The van der Waals surface area contributed by atoms with E-state index in [2.05, 4.69) is 25.3 Å². The highest BCUT2D eigenvalue weighted by Crippen LogP contribution is 2.35. The first-order valence-electron chi connectivity index (χ1n) is 18.7. The Labute approximate surface area is 320 Å². The number of aliphatic hydroxyl groups excluding tert-OH is 1. The van der Waals surface area contributed by atoms with Gasteiger partial charge in [0.05, 0.1) is 43.0 Å². The SMILES string of the molecule is COC(=O)N[C@H](C(=O)N1CCCC1c1ncc(-c2ccc(-c3ccc(-c4cnc([C@@H]5CCCN5C(=O)[C@H](C(C)C)N(C)C(=O)O)[nH]4)cc3)cc2)[nH]1)[C@@H](C)CO. The molecule has 15 heteroatoms. The molecule has 292 valence electrons. The van der Waals surface area contributed by atoms with E-state index in [4.69, 9.17) is 4.74 Å². The highest BCUT2D eigenvalue weighted by atomic mass is 16.5. The molecule has 5 atom stereocenters. The van der Waals surface area contributed by atoms with Crippen LogP contribution in [0.15, 0.2) is 60.9 Å². The van der Waals surface area contributed by atoms with Crippen molar-refractivity contribution in [2.45, 2.75) is 70.6 Å². The average Bonchev–Trinajstić information content (AvgIpc) is 4.03. The van der Waals surface area contributed by atoms with Crippen LogP contribution < -0.4 is 5.32 Å². The zero-order valence-corrected chi connectivity index (χ0v) is 31.9. The van der Waals surface area contributed by atoms with Crippen molar-refractivity contribution in [3.63, 3.8) is 0 Å². The fraction of sp³-hybridized carbons (Fsp3) is 0.450. The summed E-state index contributed by atoms with van der Waals surface area (Å²) in [5.41, 5.74) is 5.59.